The topological polar surface area (TPSA) is 82.1 Å². The van der Waals surface area contributed by atoms with Crippen LogP contribution in [-0.2, 0) is 22.7 Å². The van der Waals surface area contributed by atoms with E-state index in [1.165, 1.54) is 0 Å². The van der Waals surface area contributed by atoms with Crippen molar-refractivity contribution in [2.75, 3.05) is 19.8 Å². The molecule has 0 fully saturated rings. The molecule has 0 aromatic heterocycles. The summed E-state index contributed by atoms with van der Waals surface area (Å²) in [6, 6.07) is 0. The van der Waals surface area contributed by atoms with E-state index in [1.54, 1.807) is 0 Å². The van der Waals surface area contributed by atoms with Crippen LogP contribution in [0.25, 0.3) is 0 Å². The summed E-state index contributed by atoms with van der Waals surface area (Å²) < 4.78 is 39.4. The molecule has 0 radical (unpaired) electrons. The van der Waals surface area contributed by atoms with Gasteiger partial charge in [0.1, 0.15) is 0 Å². The normalized spacial score (nSPS) is 14.3. The third-order valence-electron chi connectivity index (χ3n) is 4.45. The van der Waals surface area contributed by atoms with Crippen molar-refractivity contribution in [3.8, 4) is 0 Å². The van der Waals surface area contributed by atoms with Gasteiger partial charge in [0.05, 0.1) is 19.8 Å². The molecule has 30 heavy (non-hydrogen) atoms. The molecular weight excluding hydrogens is 480 g/mol. The maximum absolute atomic E-state index is 13.4. The summed E-state index contributed by atoms with van der Waals surface area (Å²) in [4.78, 5) is 10.4. The maximum atomic E-state index is 13.4. The summed E-state index contributed by atoms with van der Waals surface area (Å²) in [7, 11) is -8.98. The van der Waals surface area contributed by atoms with Crippen molar-refractivity contribution >= 4 is 68.0 Å². The zero-order valence-electron chi connectivity index (χ0n) is 18.2. The van der Waals surface area contributed by atoms with Crippen LogP contribution >= 0.6 is 38.4 Å². The van der Waals surface area contributed by atoms with E-state index in [-0.39, 0.29) is 49.4 Å². The molecule has 6 nitrogen and oxygen atoms in total. The average molecular weight is 521 g/mol. The Balaban J connectivity index is 0. The zero-order valence-corrected chi connectivity index (χ0v) is 21.5. The molecule has 0 rings (SSSR count). The Labute approximate surface area is 215 Å². The van der Waals surface area contributed by atoms with Gasteiger partial charge in [0.25, 0.3) is 0 Å². The molecule has 0 amide bonds. The van der Waals surface area contributed by atoms with Crippen molar-refractivity contribution in [1.82, 2.24) is 0 Å². The van der Waals surface area contributed by atoms with Gasteiger partial charge in [-0.3, -0.25) is 9.13 Å². The van der Waals surface area contributed by atoms with Crippen molar-refractivity contribution in [3.63, 3.8) is 0 Å². The summed E-state index contributed by atoms with van der Waals surface area (Å²) in [6.45, 7) is 6.39. The van der Waals surface area contributed by atoms with Crippen molar-refractivity contribution in [1.29, 1.82) is 0 Å². The summed E-state index contributed by atoms with van der Waals surface area (Å²) in [5.74, 6) is 0. The predicted molar refractivity (Wildman–Crippen MR) is 129 cm³/mol. The van der Waals surface area contributed by atoms with Gasteiger partial charge in [0.15, 0.2) is 0 Å². The third kappa shape index (κ3) is 12.9. The molecule has 0 aliphatic carbocycles. The Hall–Kier alpha value is 1.88. The van der Waals surface area contributed by atoms with Gasteiger partial charge in [-0.25, -0.2) is 0 Å². The van der Waals surface area contributed by atoms with Crippen molar-refractivity contribution < 1.29 is 27.6 Å². The fourth-order valence-corrected chi connectivity index (χ4v) is 6.86. The van der Waals surface area contributed by atoms with Crippen LogP contribution in [0.15, 0.2) is 0 Å². The summed E-state index contributed by atoms with van der Waals surface area (Å²) >= 11 is 12.3. The summed E-state index contributed by atoms with van der Waals surface area (Å²) in [5.41, 5.74) is 0. The Morgan fingerprint density at radius 3 is 1.33 bits per heavy atom. The van der Waals surface area contributed by atoms with E-state index in [9.17, 15) is 14.0 Å². The monoisotopic (exact) mass is 520 g/mol. The van der Waals surface area contributed by atoms with Crippen LogP contribution in [0.1, 0.15) is 97.8 Å². The van der Waals surface area contributed by atoms with Crippen LogP contribution in [0.2, 0.25) is 0 Å². The van der Waals surface area contributed by atoms with Crippen molar-refractivity contribution in [3.05, 3.63) is 0 Å². The first kappa shape index (κ1) is 34.0. The molecule has 1 N–H and O–H groups in total. The molecule has 0 aromatic carbocycles. The van der Waals surface area contributed by atoms with E-state index in [2.05, 4.69) is 20.8 Å². The number of hydrogen-bond acceptors (Lipinski definition) is 5. The first-order valence-corrected chi connectivity index (χ1v) is 14.8. The second kappa shape index (κ2) is 19.2. The standard InChI is InChI=1S/C19H40Cl2O6P2.Na.H/c1-4-7-10-13-16-25-28(22,23)19(20,21)29(24,26-17-14-11-8-5-2)27-18-15-12-9-6-3;;/h4-18H2,1-3H3,(H,22,23);;. The minimum atomic E-state index is -4.67. The second-order valence-corrected chi connectivity index (χ2v) is 14.1. The zero-order chi connectivity index (χ0) is 22.2. The van der Waals surface area contributed by atoms with E-state index < -0.39 is 19.0 Å². The van der Waals surface area contributed by atoms with Gasteiger partial charge in [0, 0.05) is 0 Å². The van der Waals surface area contributed by atoms with Crippen LogP contribution in [0, 0.1) is 0 Å². The molecule has 0 aromatic rings. The molecule has 0 saturated heterocycles. The van der Waals surface area contributed by atoms with E-state index in [4.69, 9.17) is 36.8 Å². The van der Waals surface area contributed by atoms with Crippen molar-refractivity contribution in [2.24, 2.45) is 0 Å². The van der Waals surface area contributed by atoms with Crippen LogP contribution < -0.4 is 0 Å². The van der Waals surface area contributed by atoms with E-state index in [1.807, 2.05) is 0 Å². The Bertz CT molecular complexity index is 493. The van der Waals surface area contributed by atoms with Gasteiger partial charge >= 0.3 is 48.6 Å². The van der Waals surface area contributed by atoms with Crippen LogP contribution in [0.4, 0.5) is 0 Å². The number of rotatable bonds is 20. The Morgan fingerprint density at radius 1 is 0.667 bits per heavy atom. The van der Waals surface area contributed by atoms with Gasteiger partial charge in [-0.1, -0.05) is 102 Å². The molecule has 0 bridgehead atoms. The molecular formula is C19H41Cl2NaO6P2. The summed E-state index contributed by atoms with van der Waals surface area (Å²) in [5, 5.41) is 0. The van der Waals surface area contributed by atoms with Gasteiger partial charge < -0.3 is 18.5 Å². The molecule has 0 heterocycles. The van der Waals surface area contributed by atoms with E-state index >= 15 is 0 Å². The fraction of sp³-hybridized carbons (Fsp3) is 1.00. The number of halogens is 2. The molecule has 1 atom stereocenters. The summed E-state index contributed by atoms with van der Waals surface area (Å²) in [6.07, 6.45) is 10.6. The predicted octanol–water partition coefficient (Wildman–Crippen LogP) is 7.60. The second-order valence-electron chi connectivity index (χ2n) is 7.21. The first-order chi connectivity index (χ1) is 13.7. The molecule has 0 aliphatic heterocycles. The SMILES string of the molecule is CCCCCCOP(=O)(O)C(Cl)(Cl)P(=O)(OCCCCCC)OCCCCCC.[NaH]. The van der Waals surface area contributed by atoms with Gasteiger partial charge in [-0.2, -0.15) is 0 Å². The average Bonchev–Trinajstić information content (AvgIpc) is 2.67. The molecule has 1 unspecified atom stereocenters. The minimum absolute atomic E-state index is 0. The van der Waals surface area contributed by atoms with Crippen LogP contribution in [0.5, 0.6) is 0 Å². The fourth-order valence-electron chi connectivity index (χ4n) is 2.57. The number of alkyl halides is 2. The first-order valence-electron chi connectivity index (χ1n) is 10.9. The van der Waals surface area contributed by atoms with Crippen molar-refractivity contribution in [2.45, 2.75) is 102 Å². The van der Waals surface area contributed by atoms with Crippen LogP contribution in [-0.4, -0.2) is 58.1 Å². The van der Waals surface area contributed by atoms with Crippen LogP contribution in [0.3, 0.4) is 0 Å². The molecule has 0 spiro atoms. The number of unbranched alkanes of at least 4 members (excludes halogenated alkanes) is 9. The van der Waals surface area contributed by atoms with E-state index in [0.717, 1.165) is 57.8 Å². The quantitative estimate of drug-likeness (QED) is 0.0769. The molecule has 0 saturated carbocycles. The molecule has 178 valence electrons. The van der Waals surface area contributed by atoms with Gasteiger partial charge in [-0.15, -0.1) is 0 Å². The molecule has 0 aliphatic rings. The van der Waals surface area contributed by atoms with Gasteiger partial charge in [-0.05, 0) is 19.3 Å². The van der Waals surface area contributed by atoms with E-state index in [0.29, 0.717) is 19.3 Å². The number of hydrogen-bond donors (Lipinski definition) is 1. The Kier molecular flexibility index (Phi) is 21.8. The third-order valence-corrected chi connectivity index (χ3v) is 11.4. The van der Waals surface area contributed by atoms with Gasteiger partial charge in [0.2, 0.25) is 0 Å². The molecule has 11 heteroatoms. The Morgan fingerprint density at radius 2 is 1.00 bits per heavy atom.